The predicted octanol–water partition coefficient (Wildman–Crippen LogP) is 3.33. The maximum atomic E-state index is 13.2. The van der Waals surface area contributed by atoms with Crippen molar-refractivity contribution >= 4 is 17.5 Å². The third-order valence-electron chi connectivity index (χ3n) is 3.94. The Morgan fingerprint density at radius 3 is 2.63 bits per heavy atom. The van der Waals surface area contributed by atoms with Gasteiger partial charge in [-0.2, -0.15) is 0 Å². The molecular formula is C20H17ClFN3O2. The lowest BCUT2D eigenvalue weighted by Gasteiger charge is -2.13. The Bertz CT molecular complexity index is 1040. The van der Waals surface area contributed by atoms with Crippen LogP contribution in [0.3, 0.4) is 0 Å². The first kappa shape index (κ1) is 18.8. The largest absolute Gasteiger partial charge is 0.350 e. The first-order chi connectivity index (χ1) is 12.9. The van der Waals surface area contributed by atoms with Crippen LogP contribution in [-0.4, -0.2) is 15.5 Å². The summed E-state index contributed by atoms with van der Waals surface area (Å²) in [4.78, 5) is 29.2. The monoisotopic (exact) mass is 385 g/mol. The average molecular weight is 386 g/mol. The van der Waals surface area contributed by atoms with E-state index in [0.29, 0.717) is 17.1 Å². The molecule has 3 rings (SSSR count). The Morgan fingerprint density at radius 2 is 1.93 bits per heavy atom. The van der Waals surface area contributed by atoms with Crippen molar-refractivity contribution in [1.82, 2.24) is 14.9 Å². The van der Waals surface area contributed by atoms with E-state index in [1.54, 1.807) is 6.92 Å². The van der Waals surface area contributed by atoms with Crippen LogP contribution in [-0.2, 0) is 17.9 Å². The van der Waals surface area contributed by atoms with Crippen LogP contribution in [0, 0.1) is 12.7 Å². The summed E-state index contributed by atoms with van der Waals surface area (Å²) in [7, 11) is 0. The van der Waals surface area contributed by atoms with Crippen LogP contribution < -0.4 is 10.9 Å². The van der Waals surface area contributed by atoms with Gasteiger partial charge in [0.05, 0.1) is 5.02 Å². The molecule has 0 aliphatic heterocycles. The van der Waals surface area contributed by atoms with E-state index >= 15 is 0 Å². The van der Waals surface area contributed by atoms with Gasteiger partial charge in [-0.25, -0.2) is 9.37 Å². The second kappa shape index (κ2) is 8.14. The molecule has 0 spiro atoms. The van der Waals surface area contributed by atoms with E-state index in [9.17, 15) is 14.0 Å². The van der Waals surface area contributed by atoms with Gasteiger partial charge in [-0.3, -0.25) is 14.2 Å². The molecule has 5 nitrogen and oxygen atoms in total. The predicted molar refractivity (Wildman–Crippen MR) is 102 cm³/mol. The van der Waals surface area contributed by atoms with E-state index in [1.807, 2.05) is 30.3 Å². The minimum Gasteiger partial charge on any atom is -0.350 e. The second-order valence-corrected chi connectivity index (χ2v) is 6.44. The number of nitrogens with one attached hydrogen (secondary N) is 1. The summed E-state index contributed by atoms with van der Waals surface area (Å²) in [6.07, 6.45) is 0. The highest BCUT2D eigenvalue weighted by Gasteiger charge is 2.13. The summed E-state index contributed by atoms with van der Waals surface area (Å²) in [5.41, 5.74) is 1.68. The van der Waals surface area contributed by atoms with Crippen molar-refractivity contribution in [3.05, 3.63) is 87.0 Å². The van der Waals surface area contributed by atoms with Crippen LogP contribution in [0.2, 0.25) is 5.02 Å². The van der Waals surface area contributed by atoms with E-state index in [0.717, 1.165) is 5.56 Å². The molecule has 0 fully saturated rings. The molecule has 1 heterocycles. The van der Waals surface area contributed by atoms with Gasteiger partial charge in [0.1, 0.15) is 18.2 Å². The quantitative estimate of drug-likeness (QED) is 0.732. The minimum absolute atomic E-state index is 0.00735. The Balaban J connectivity index is 1.79. The third kappa shape index (κ3) is 4.60. The lowest BCUT2D eigenvalue weighted by Crippen LogP contribution is -2.33. The number of aryl methyl sites for hydroxylation is 1. The highest BCUT2D eigenvalue weighted by Crippen LogP contribution is 2.17. The fraction of sp³-hybridized carbons (Fsp3) is 0.150. The number of hydrogen-bond donors (Lipinski definition) is 1. The average Bonchev–Trinajstić information content (AvgIpc) is 2.65. The molecule has 0 radical (unpaired) electrons. The van der Waals surface area contributed by atoms with Crippen molar-refractivity contribution in [2.75, 3.05) is 0 Å². The fourth-order valence-electron chi connectivity index (χ4n) is 2.63. The summed E-state index contributed by atoms with van der Waals surface area (Å²) < 4.78 is 14.5. The second-order valence-electron chi connectivity index (χ2n) is 6.04. The summed E-state index contributed by atoms with van der Waals surface area (Å²) in [6, 6.07) is 14.8. The van der Waals surface area contributed by atoms with Gasteiger partial charge in [0.15, 0.2) is 0 Å². The van der Waals surface area contributed by atoms with Gasteiger partial charge in [-0.15, -0.1) is 0 Å². The number of carbonyl (C=O) groups is 1. The zero-order valence-electron chi connectivity index (χ0n) is 14.6. The molecule has 0 saturated heterocycles. The first-order valence-corrected chi connectivity index (χ1v) is 8.66. The lowest BCUT2D eigenvalue weighted by atomic mass is 10.2. The Labute approximate surface area is 160 Å². The number of rotatable bonds is 5. The van der Waals surface area contributed by atoms with Crippen LogP contribution in [0.1, 0.15) is 11.3 Å². The smallest absolute Gasteiger partial charge is 0.254 e. The fourth-order valence-corrected chi connectivity index (χ4v) is 2.83. The van der Waals surface area contributed by atoms with Crippen molar-refractivity contribution in [3.63, 3.8) is 0 Å². The number of benzene rings is 2. The number of carbonyl (C=O) groups excluding carboxylic acids is 1. The molecular weight excluding hydrogens is 369 g/mol. The number of aromatic nitrogens is 2. The highest BCUT2D eigenvalue weighted by atomic mass is 35.5. The van der Waals surface area contributed by atoms with Gasteiger partial charge in [0.25, 0.3) is 5.56 Å². The van der Waals surface area contributed by atoms with Gasteiger partial charge in [0, 0.05) is 23.9 Å². The standard InChI is InChI=1S/C20H17ClFN3O2/c1-13-9-19(27)25(20(24-13)15-5-3-2-4-6-15)12-18(26)23-11-14-7-8-17(22)16(21)10-14/h2-10H,11-12H2,1H3,(H,23,26). The van der Waals surface area contributed by atoms with E-state index in [1.165, 1.54) is 28.8 Å². The summed E-state index contributed by atoms with van der Waals surface area (Å²) in [6.45, 7) is 1.73. The highest BCUT2D eigenvalue weighted by molar-refractivity contribution is 6.30. The Morgan fingerprint density at radius 1 is 1.19 bits per heavy atom. The molecule has 0 aliphatic rings. The van der Waals surface area contributed by atoms with Gasteiger partial charge in [-0.05, 0) is 24.6 Å². The topological polar surface area (TPSA) is 64.0 Å². The molecule has 1 amide bonds. The van der Waals surface area contributed by atoms with E-state index in [-0.39, 0.29) is 29.6 Å². The molecule has 1 aromatic heterocycles. The van der Waals surface area contributed by atoms with Gasteiger partial charge >= 0.3 is 0 Å². The zero-order chi connectivity index (χ0) is 19.4. The minimum atomic E-state index is -0.517. The number of halogens is 2. The van der Waals surface area contributed by atoms with E-state index in [2.05, 4.69) is 10.3 Å². The van der Waals surface area contributed by atoms with Crippen LogP contribution in [0.5, 0.6) is 0 Å². The third-order valence-corrected chi connectivity index (χ3v) is 4.23. The molecule has 0 atom stereocenters. The van der Waals surface area contributed by atoms with Crippen molar-refractivity contribution in [3.8, 4) is 11.4 Å². The first-order valence-electron chi connectivity index (χ1n) is 8.28. The molecule has 0 aliphatic carbocycles. The van der Waals surface area contributed by atoms with Crippen molar-refractivity contribution in [1.29, 1.82) is 0 Å². The lowest BCUT2D eigenvalue weighted by molar-refractivity contribution is -0.121. The maximum Gasteiger partial charge on any atom is 0.254 e. The maximum absolute atomic E-state index is 13.2. The molecule has 7 heteroatoms. The van der Waals surface area contributed by atoms with Gasteiger partial charge in [-0.1, -0.05) is 48.0 Å². The molecule has 0 bridgehead atoms. The summed E-state index contributed by atoms with van der Waals surface area (Å²) >= 11 is 5.74. The van der Waals surface area contributed by atoms with Crippen LogP contribution in [0.4, 0.5) is 4.39 Å². The normalized spacial score (nSPS) is 10.6. The molecule has 1 N–H and O–H groups in total. The number of hydrogen-bond acceptors (Lipinski definition) is 3. The van der Waals surface area contributed by atoms with E-state index in [4.69, 9.17) is 11.6 Å². The molecule has 27 heavy (non-hydrogen) atoms. The van der Waals surface area contributed by atoms with Crippen molar-refractivity contribution < 1.29 is 9.18 Å². The summed E-state index contributed by atoms with van der Waals surface area (Å²) in [5, 5.41) is 2.70. The SMILES string of the molecule is Cc1cc(=O)n(CC(=O)NCc2ccc(F)c(Cl)c2)c(-c2ccccc2)n1. The number of amides is 1. The molecule has 138 valence electrons. The van der Waals surface area contributed by atoms with Gasteiger partial charge in [0.2, 0.25) is 5.91 Å². The van der Waals surface area contributed by atoms with E-state index < -0.39 is 5.82 Å². The van der Waals surface area contributed by atoms with Crippen molar-refractivity contribution in [2.45, 2.75) is 20.0 Å². The number of nitrogens with zero attached hydrogens (tertiary/aromatic N) is 2. The molecule has 0 unspecified atom stereocenters. The summed E-state index contributed by atoms with van der Waals surface area (Å²) in [5.74, 6) is -0.447. The van der Waals surface area contributed by atoms with Crippen LogP contribution in [0.25, 0.3) is 11.4 Å². The Hall–Kier alpha value is -2.99. The van der Waals surface area contributed by atoms with Crippen molar-refractivity contribution in [2.24, 2.45) is 0 Å². The molecule has 2 aromatic carbocycles. The zero-order valence-corrected chi connectivity index (χ0v) is 15.3. The Kier molecular flexibility index (Phi) is 5.66. The van der Waals surface area contributed by atoms with Crippen LogP contribution >= 0.6 is 11.6 Å². The van der Waals surface area contributed by atoms with Crippen LogP contribution in [0.15, 0.2) is 59.4 Å². The van der Waals surface area contributed by atoms with Gasteiger partial charge < -0.3 is 5.32 Å². The molecule has 0 saturated carbocycles. The molecule has 3 aromatic rings.